The zero-order valence-corrected chi connectivity index (χ0v) is 22.5. The highest BCUT2D eigenvalue weighted by molar-refractivity contribution is 5.99. The van der Waals surface area contributed by atoms with Crippen LogP contribution in [-0.2, 0) is 6.54 Å². The van der Waals surface area contributed by atoms with Gasteiger partial charge in [0.1, 0.15) is 5.75 Å². The van der Waals surface area contributed by atoms with Gasteiger partial charge in [0.15, 0.2) is 0 Å². The third kappa shape index (κ3) is 5.30. The Balaban J connectivity index is 1.13. The standard InChI is InChI=1S/C31H26N10O/c1-2-8-22-21(7-1)24(37-31-38-26-10-3-4-11-27(26)39-31)12-13-28(22)42-29-23(9-5-15-32-29)25-14-17-34-30(36-25)33-16-6-19-41-20-18-35-40-41/h1-5,7-15,17-18,20H,6,16,19H2,(H,33,34,36)(H2,37,38,39). The smallest absolute Gasteiger partial charge is 0.228 e. The summed E-state index contributed by atoms with van der Waals surface area (Å²) in [6.07, 6.45) is 7.81. The van der Waals surface area contributed by atoms with Crippen molar-refractivity contribution in [2.45, 2.75) is 13.0 Å². The number of hydrogen-bond donors (Lipinski definition) is 3. The Morgan fingerprint density at radius 2 is 1.71 bits per heavy atom. The summed E-state index contributed by atoms with van der Waals surface area (Å²) >= 11 is 0. The fourth-order valence-corrected chi connectivity index (χ4v) is 4.77. The monoisotopic (exact) mass is 554 g/mol. The minimum Gasteiger partial charge on any atom is -0.438 e. The molecule has 3 N–H and O–H groups in total. The first kappa shape index (κ1) is 25.1. The highest BCUT2D eigenvalue weighted by Crippen LogP contribution is 2.37. The van der Waals surface area contributed by atoms with Crippen LogP contribution in [0.5, 0.6) is 11.6 Å². The van der Waals surface area contributed by atoms with E-state index in [2.05, 4.69) is 46.9 Å². The predicted molar refractivity (Wildman–Crippen MR) is 162 cm³/mol. The molecule has 0 atom stereocenters. The molecule has 0 bridgehead atoms. The number of fused-ring (bicyclic) bond motifs is 2. The van der Waals surface area contributed by atoms with Crippen LogP contribution in [0.15, 0.2) is 104 Å². The summed E-state index contributed by atoms with van der Waals surface area (Å²) in [5, 5.41) is 16.5. The van der Waals surface area contributed by atoms with E-state index >= 15 is 0 Å². The van der Waals surface area contributed by atoms with Crippen molar-refractivity contribution in [3.8, 4) is 22.9 Å². The van der Waals surface area contributed by atoms with Gasteiger partial charge in [0.2, 0.25) is 17.8 Å². The Bertz CT molecular complexity index is 1940. The molecule has 0 unspecified atom stereocenters. The van der Waals surface area contributed by atoms with Gasteiger partial charge in [-0.2, -0.15) is 0 Å². The molecular weight excluding hydrogens is 528 g/mol. The van der Waals surface area contributed by atoms with Crippen LogP contribution in [0.25, 0.3) is 33.1 Å². The lowest BCUT2D eigenvalue weighted by Gasteiger charge is -2.14. The molecule has 0 saturated heterocycles. The van der Waals surface area contributed by atoms with Crippen molar-refractivity contribution >= 4 is 39.4 Å². The van der Waals surface area contributed by atoms with Gasteiger partial charge in [0.25, 0.3) is 0 Å². The number of aromatic nitrogens is 8. The topological polar surface area (TPSA) is 131 Å². The second-order valence-corrected chi connectivity index (χ2v) is 9.55. The largest absolute Gasteiger partial charge is 0.438 e. The van der Waals surface area contributed by atoms with Crippen LogP contribution in [0.1, 0.15) is 6.42 Å². The summed E-state index contributed by atoms with van der Waals surface area (Å²) < 4.78 is 8.25. The number of anilines is 3. The molecule has 11 nitrogen and oxygen atoms in total. The summed E-state index contributed by atoms with van der Waals surface area (Å²) in [6, 6.07) is 25.6. The maximum Gasteiger partial charge on any atom is 0.228 e. The Morgan fingerprint density at radius 1 is 0.810 bits per heavy atom. The van der Waals surface area contributed by atoms with Crippen molar-refractivity contribution in [1.82, 2.24) is 39.9 Å². The normalized spacial score (nSPS) is 11.1. The number of ether oxygens (including phenoxy) is 1. The summed E-state index contributed by atoms with van der Waals surface area (Å²) in [6.45, 7) is 1.45. The quantitative estimate of drug-likeness (QED) is 0.169. The highest BCUT2D eigenvalue weighted by Gasteiger charge is 2.14. The van der Waals surface area contributed by atoms with E-state index in [1.54, 1.807) is 23.3 Å². The fraction of sp³-hybridized carbons (Fsp3) is 0.0968. The average Bonchev–Trinajstić information content (AvgIpc) is 3.71. The summed E-state index contributed by atoms with van der Waals surface area (Å²) in [7, 11) is 0. The number of pyridine rings is 1. The second-order valence-electron chi connectivity index (χ2n) is 9.55. The number of hydrogen-bond acceptors (Lipinski definition) is 9. The summed E-state index contributed by atoms with van der Waals surface area (Å²) in [5.74, 6) is 2.35. The number of nitrogens with one attached hydrogen (secondary N) is 3. The number of H-pyrrole nitrogens is 1. The van der Waals surface area contributed by atoms with Gasteiger partial charge >= 0.3 is 0 Å². The maximum atomic E-state index is 6.45. The van der Waals surface area contributed by atoms with Gasteiger partial charge in [-0.3, -0.25) is 4.68 Å². The average molecular weight is 555 g/mol. The molecule has 11 heteroatoms. The molecule has 7 rings (SSSR count). The number of rotatable bonds is 10. The van der Waals surface area contributed by atoms with Gasteiger partial charge in [-0.25, -0.2) is 19.9 Å². The van der Waals surface area contributed by atoms with Crippen LogP contribution in [0.3, 0.4) is 0 Å². The molecule has 0 aliphatic carbocycles. The fourth-order valence-electron chi connectivity index (χ4n) is 4.77. The van der Waals surface area contributed by atoms with Crippen LogP contribution < -0.4 is 15.4 Å². The van der Waals surface area contributed by atoms with Crippen LogP contribution in [0.2, 0.25) is 0 Å². The maximum absolute atomic E-state index is 6.45. The van der Waals surface area contributed by atoms with E-state index < -0.39 is 0 Å². The number of aryl methyl sites for hydroxylation is 1. The van der Waals surface area contributed by atoms with E-state index in [0.29, 0.717) is 35.8 Å². The van der Waals surface area contributed by atoms with Crippen LogP contribution in [0, 0.1) is 0 Å². The first-order valence-corrected chi connectivity index (χ1v) is 13.6. The lowest BCUT2D eigenvalue weighted by Crippen LogP contribution is -2.09. The molecule has 0 aliphatic heterocycles. The molecule has 7 aromatic rings. The molecule has 0 amide bonds. The number of imidazole rings is 1. The Labute approximate surface area is 240 Å². The second kappa shape index (κ2) is 11.3. The SMILES string of the molecule is c1cnc(Oc2ccc(Nc3nc4ccccc4[nH]3)c3ccccc23)c(-c2ccnc(NCCCn3ccnn3)n2)c1. The Hall–Kier alpha value is -5.84. The molecule has 3 aromatic carbocycles. The van der Waals surface area contributed by atoms with Gasteiger partial charge in [-0.15, -0.1) is 5.10 Å². The van der Waals surface area contributed by atoms with Gasteiger partial charge < -0.3 is 20.4 Å². The first-order valence-electron chi connectivity index (χ1n) is 13.6. The van der Waals surface area contributed by atoms with Crippen LogP contribution in [0.4, 0.5) is 17.6 Å². The molecule has 0 fully saturated rings. The molecule has 206 valence electrons. The third-order valence-electron chi connectivity index (χ3n) is 6.75. The van der Waals surface area contributed by atoms with Crippen LogP contribution in [-0.4, -0.2) is 46.5 Å². The number of benzene rings is 3. The van der Waals surface area contributed by atoms with Crippen molar-refractivity contribution in [3.05, 3.63) is 104 Å². The van der Waals surface area contributed by atoms with Crippen molar-refractivity contribution in [3.63, 3.8) is 0 Å². The van der Waals surface area contributed by atoms with Gasteiger partial charge in [-0.1, -0.05) is 41.6 Å². The molecule has 0 saturated carbocycles. The molecule has 4 aromatic heterocycles. The van der Waals surface area contributed by atoms with E-state index in [1.807, 2.05) is 79.0 Å². The zero-order valence-electron chi connectivity index (χ0n) is 22.5. The molecule has 0 aliphatic rings. The lowest BCUT2D eigenvalue weighted by atomic mass is 10.1. The molecule has 0 radical (unpaired) electrons. The zero-order chi connectivity index (χ0) is 28.1. The van der Waals surface area contributed by atoms with E-state index in [4.69, 9.17) is 9.72 Å². The van der Waals surface area contributed by atoms with Crippen LogP contribution >= 0.6 is 0 Å². The Morgan fingerprint density at radius 3 is 2.62 bits per heavy atom. The van der Waals surface area contributed by atoms with Gasteiger partial charge in [0, 0.05) is 48.1 Å². The molecule has 42 heavy (non-hydrogen) atoms. The molecular formula is C31H26N10O. The lowest BCUT2D eigenvalue weighted by molar-refractivity contribution is 0.470. The van der Waals surface area contributed by atoms with Gasteiger partial charge in [-0.05, 0) is 48.9 Å². The minimum absolute atomic E-state index is 0.455. The molecule has 4 heterocycles. The van der Waals surface area contributed by atoms with Gasteiger partial charge in [0.05, 0.1) is 28.5 Å². The molecule has 0 spiro atoms. The van der Waals surface area contributed by atoms with E-state index in [-0.39, 0.29) is 0 Å². The number of aromatic amines is 1. The summed E-state index contributed by atoms with van der Waals surface area (Å²) in [4.78, 5) is 21.6. The van der Waals surface area contributed by atoms with Crippen molar-refractivity contribution in [1.29, 1.82) is 0 Å². The Kier molecular flexibility index (Phi) is 6.79. The van der Waals surface area contributed by atoms with E-state index in [9.17, 15) is 0 Å². The van der Waals surface area contributed by atoms with Crippen molar-refractivity contribution in [2.75, 3.05) is 17.2 Å². The number of para-hydroxylation sites is 2. The summed E-state index contributed by atoms with van der Waals surface area (Å²) in [5.41, 5.74) is 4.26. The highest BCUT2D eigenvalue weighted by atomic mass is 16.5. The minimum atomic E-state index is 0.455. The van der Waals surface area contributed by atoms with Crippen molar-refractivity contribution in [2.24, 2.45) is 0 Å². The third-order valence-corrected chi connectivity index (χ3v) is 6.75. The predicted octanol–water partition coefficient (Wildman–Crippen LogP) is 6.20. The van der Waals surface area contributed by atoms with E-state index in [0.717, 1.165) is 46.0 Å². The number of nitrogens with zero attached hydrogens (tertiary/aromatic N) is 7. The van der Waals surface area contributed by atoms with E-state index in [1.165, 1.54) is 0 Å². The van der Waals surface area contributed by atoms with Crippen molar-refractivity contribution < 1.29 is 4.74 Å². The first-order chi connectivity index (χ1) is 20.8.